The van der Waals surface area contributed by atoms with Crippen LogP contribution < -0.4 is 20.1 Å². The van der Waals surface area contributed by atoms with E-state index in [-0.39, 0.29) is 19.4 Å². The lowest BCUT2D eigenvalue weighted by Gasteiger charge is -2.22. The van der Waals surface area contributed by atoms with E-state index in [2.05, 4.69) is 25.5 Å². The van der Waals surface area contributed by atoms with Crippen molar-refractivity contribution in [2.24, 2.45) is 0 Å². The minimum Gasteiger partial charge on any atom is -0.493 e. The summed E-state index contributed by atoms with van der Waals surface area (Å²) >= 11 is 6.37. The maximum atomic E-state index is 11.9. The van der Waals surface area contributed by atoms with Crippen molar-refractivity contribution in [1.82, 2.24) is 20.2 Å². The Morgan fingerprint density at radius 3 is 2.65 bits per heavy atom. The van der Waals surface area contributed by atoms with Gasteiger partial charge in [-0.25, -0.2) is 14.8 Å². The molecule has 1 fully saturated rings. The van der Waals surface area contributed by atoms with Gasteiger partial charge in [0.1, 0.15) is 24.4 Å². The summed E-state index contributed by atoms with van der Waals surface area (Å²) in [6.45, 7) is 8.39. The average molecular weight is 574 g/mol. The highest BCUT2D eigenvalue weighted by Crippen LogP contribution is 2.35. The van der Waals surface area contributed by atoms with E-state index in [0.717, 1.165) is 16.6 Å². The van der Waals surface area contributed by atoms with Crippen molar-refractivity contribution in [3.05, 3.63) is 47.2 Å². The van der Waals surface area contributed by atoms with E-state index >= 15 is 0 Å². The fourth-order valence-corrected chi connectivity index (χ4v) is 4.29. The van der Waals surface area contributed by atoms with Crippen molar-refractivity contribution in [3.63, 3.8) is 0 Å². The standard InChI is InChI=1S/C28H36ClN5O6/c1-28(2,3)40-27(35)30-8-9-37-24-13-20-22(14-23(24)36-5)31-17-32-26(20)33-21-12-19(29)7-6-18(21)15-34(4)16-25-38-10-11-39-25/h6-7,12-14,17,25H,8-11,15-16H2,1-5H3,(H,30,35)(H,31,32,33). The Balaban J connectivity index is 1.51. The van der Waals surface area contributed by atoms with Gasteiger partial charge in [0.15, 0.2) is 17.8 Å². The minimum atomic E-state index is -0.576. The second-order valence-corrected chi connectivity index (χ2v) is 10.8. The summed E-state index contributed by atoms with van der Waals surface area (Å²) in [5.41, 5.74) is 1.93. The Labute approximate surface area is 239 Å². The van der Waals surface area contributed by atoms with E-state index < -0.39 is 11.7 Å². The number of likely N-dealkylation sites (N-methyl/N-ethyl adjacent to an activating group) is 1. The smallest absolute Gasteiger partial charge is 0.407 e. The second kappa shape index (κ2) is 13.3. The number of hydrogen-bond donors (Lipinski definition) is 2. The van der Waals surface area contributed by atoms with Crippen molar-refractivity contribution >= 4 is 40.1 Å². The Kier molecular flexibility index (Phi) is 9.85. The molecule has 11 nitrogen and oxygen atoms in total. The molecule has 40 heavy (non-hydrogen) atoms. The van der Waals surface area contributed by atoms with Gasteiger partial charge in [-0.3, -0.25) is 4.90 Å². The van der Waals surface area contributed by atoms with Gasteiger partial charge >= 0.3 is 6.09 Å². The van der Waals surface area contributed by atoms with E-state index in [1.54, 1.807) is 13.2 Å². The van der Waals surface area contributed by atoms with Gasteiger partial charge in [-0.05, 0) is 51.6 Å². The molecule has 0 saturated carbocycles. The van der Waals surface area contributed by atoms with E-state index in [9.17, 15) is 4.79 Å². The van der Waals surface area contributed by atoms with Crippen molar-refractivity contribution in [1.29, 1.82) is 0 Å². The average Bonchev–Trinajstić information content (AvgIpc) is 3.40. The van der Waals surface area contributed by atoms with E-state index in [1.807, 2.05) is 52.1 Å². The predicted molar refractivity (Wildman–Crippen MR) is 153 cm³/mol. The van der Waals surface area contributed by atoms with Crippen LogP contribution in [0.3, 0.4) is 0 Å². The van der Waals surface area contributed by atoms with Crippen LogP contribution >= 0.6 is 11.6 Å². The maximum Gasteiger partial charge on any atom is 0.407 e. The number of ether oxygens (including phenoxy) is 5. The first kappa shape index (κ1) is 29.6. The molecule has 0 atom stereocenters. The monoisotopic (exact) mass is 573 g/mol. The third kappa shape index (κ3) is 8.31. The van der Waals surface area contributed by atoms with E-state index in [4.69, 9.17) is 35.3 Å². The summed E-state index contributed by atoms with van der Waals surface area (Å²) in [5, 5.41) is 7.43. The number of carbonyl (C=O) groups excluding carboxylic acids is 1. The lowest BCUT2D eigenvalue weighted by molar-refractivity contribution is -0.0592. The Bertz CT molecular complexity index is 1310. The van der Waals surface area contributed by atoms with Gasteiger partial charge in [-0.1, -0.05) is 17.7 Å². The topological polar surface area (TPSA) is 116 Å². The number of methoxy groups -OCH3 is 1. The van der Waals surface area contributed by atoms with Gasteiger partial charge in [0.25, 0.3) is 0 Å². The fourth-order valence-electron chi connectivity index (χ4n) is 4.12. The Morgan fingerprint density at radius 2 is 1.93 bits per heavy atom. The molecule has 12 heteroatoms. The molecule has 1 aromatic heterocycles. The third-order valence-corrected chi connectivity index (χ3v) is 6.10. The normalized spacial score (nSPS) is 14.0. The zero-order chi connectivity index (χ0) is 28.7. The first-order valence-corrected chi connectivity index (χ1v) is 13.4. The summed E-state index contributed by atoms with van der Waals surface area (Å²) in [6, 6.07) is 9.31. The molecule has 216 valence electrons. The maximum absolute atomic E-state index is 11.9. The van der Waals surface area contributed by atoms with Crippen molar-refractivity contribution in [2.75, 3.05) is 52.4 Å². The van der Waals surface area contributed by atoms with Crippen LogP contribution in [0.5, 0.6) is 11.5 Å². The van der Waals surface area contributed by atoms with E-state index in [0.29, 0.717) is 54.2 Å². The molecule has 0 spiro atoms. The van der Waals surface area contributed by atoms with Crippen molar-refractivity contribution in [2.45, 2.75) is 39.2 Å². The number of rotatable bonds is 11. The molecule has 0 bridgehead atoms. The SMILES string of the molecule is COc1cc2ncnc(Nc3cc(Cl)ccc3CN(C)CC3OCCO3)c2cc1OCCNC(=O)OC(C)(C)C. The summed E-state index contributed by atoms with van der Waals surface area (Å²) < 4.78 is 27.9. The van der Waals surface area contributed by atoms with Crippen molar-refractivity contribution < 1.29 is 28.5 Å². The number of anilines is 2. The fraction of sp³-hybridized carbons (Fsp3) is 0.464. The van der Waals surface area contributed by atoms with Crippen LogP contribution in [0.15, 0.2) is 36.7 Å². The van der Waals surface area contributed by atoms with Gasteiger partial charge in [-0.2, -0.15) is 0 Å². The molecule has 1 aliphatic rings. The molecule has 2 heterocycles. The Morgan fingerprint density at radius 1 is 1.15 bits per heavy atom. The zero-order valence-corrected chi connectivity index (χ0v) is 24.2. The number of nitrogens with zero attached hydrogens (tertiary/aromatic N) is 3. The first-order chi connectivity index (χ1) is 19.1. The summed E-state index contributed by atoms with van der Waals surface area (Å²) in [5.74, 6) is 1.58. The van der Waals surface area contributed by atoms with Gasteiger partial charge in [-0.15, -0.1) is 0 Å². The number of carbonyl (C=O) groups is 1. The highest BCUT2D eigenvalue weighted by Gasteiger charge is 2.20. The predicted octanol–water partition coefficient (Wildman–Crippen LogP) is 4.74. The number of halogens is 1. The molecular weight excluding hydrogens is 538 g/mol. The molecule has 4 rings (SSSR count). The van der Waals surface area contributed by atoms with Crippen LogP contribution in [0.2, 0.25) is 5.02 Å². The van der Waals surface area contributed by atoms with Crippen LogP contribution in [0.4, 0.5) is 16.3 Å². The number of benzene rings is 2. The summed E-state index contributed by atoms with van der Waals surface area (Å²) in [4.78, 5) is 23.0. The van der Waals surface area contributed by atoms with Crippen LogP contribution in [0.1, 0.15) is 26.3 Å². The summed E-state index contributed by atoms with van der Waals surface area (Å²) in [6.07, 6.45) is 0.750. The zero-order valence-electron chi connectivity index (χ0n) is 23.5. The van der Waals surface area contributed by atoms with Gasteiger partial charge in [0, 0.05) is 35.3 Å². The lowest BCUT2D eigenvalue weighted by Crippen LogP contribution is -2.34. The molecule has 0 aliphatic carbocycles. The number of aromatic nitrogens is 2. The number of alkyl carbamates (subject to hydrolysis) is 1. The highest BCUT2D eigenvalue weighted by atomic mass is 35.5. The molecule has 1 saturated heterocycles. The molecule has 3 aromatic rings. The van der Waals surface area contributed by atoms with Crippen LogP contribution in [0.25, 0.3) is 10.9 Å². The molecule has 1 aliphatic heterocycles. The largest absolute Gasteiger partial charge is 0.493 e. The number of nitrogens with one attached hydrogen (secondary N) is 2. The lowest BCUT2D eigenvalue weighted by atomic mass is 10.1. The Hall–Kier alpha value is -3.38. The molecule has 1 amide bonds. The second-order valence-electron chi connectivity index (χ2n) is 10.3. The van der Waals surface area contributed by atoms with Gasteiger partial charge < -0.3 is 34.3 Å². The molecule has 2 aromatic carbocycles. The number of amides is 1. The van der Waals surface area contributed by atoms with Crippen LogP contribution in [0, 0.1) is 0 Å². The molecule has 2 N–H and O–H groups in total. The number of fused-ring (bicyclic) bond motifs is 1. The summed E-state index contributed by atoms with van der Waals surface area (Å²) in [7, 11) is 3.57. The van der Waals surface area contributed by atoms with Crippen LogP contribution in [-0.4, -0.2) is 79.9 Å². The molecular formula is C28H36ClN5O6. The van der Waals surface area contributed by atoms with E-state index in [1.165, 1.54) is 6.33 Å². The highest BCUT2D eigenvalue weighted by molar-refractivity contribution is 6.30. The quantitative estimate of drug-likeness (QED) is 0.311. The van der Waals surface area contributed by atoms with Crippen LogP contribution in [-0.2, 0) is 20.8 Å². The minimum absolute atomic E-state index is 0.205. The first-order valence-electron chi connectivity index (χ1n) is 13.0. The molecule has 0 unspecified atom stereocenters. The third-order valence-electron chi connectivity index (χ3n) is 5.87. The van der Waals surface area contributed by atoms with Gasteiger partial charge in [0.05, 0.1) is 32.4 Å². The van der Waals surface area contributed by atoms with Crippen molar-refractivity contribution in [3.8, 4) is 11.5 Å². The number of hydrogen-bond acceptors (Lipinski definition) is 10. The van der Waals surface area contributed by atoms with Gasteiger partial charge in [0.2, 0.25) is 0 Å². The molecule has 0 radical (unpaired) electrons.